The zero-order valence-electron chi connectivity index (χ0n) is 23.4. The third-order valence-electron chi connectivity index (χ3n) is 8.21. The molecule has 13 nitrogen and oxygen atoms in total. The van der Waals surface area contributed by atoms with Gasteiger partial charge in [-0.3, -0.25) is 14.0 Å². The first-order valence-electron chi connectivity index (χ1n) is 14.0. The first kappa shape index (κ1) is 27.7. The second-order valence-electron chi connectivity index (χ2n) is 10.7. The third-order valence-corrected chi connectivity index (χ3v) is 9.48. The van der Waals surface area contributed by atoms with Crippen LogP contribution in [-0.2, 0) is 24.8 Å². The SMILES string of the molecule is Cn1c(=O)n(CCN2CCN(c3cc(N4CC[S+]([O-])CC4)c(F)cc3F)CC2)c2nc(N)n3nc(-c4ccco4)nc3c21. The van der Waals surface area contributed by atoms with Crippen LogP contribution >= 0.6 is 0 Å². The summed E-state index contributed by atoms with van der Waals surface area (Å²) in [5.74, 6) is 0.644. The second kappa shape index (κ2) is 10.8. The number of halogens is 2. The van der Waals surface area contributed by atoms with Gasteiger partial charge in [-0.1, -0.05) is 11.2 Å². The van der Waals surface area contributed by atoms with Crippen molar-refractivity contribution in [2.24, 2.45) is 7.05 Å². The number of aromatic nitrogens is 6. The molecule has 0 unspecified atom stereocenters. The summed E-state index contributed by atoms with van der Waals surface area (Å²) in [5, 5.41) is 4.41. The van der Waals surface area contributed by atoms with Crippen molar-refractivity contribution in [2.75, 3.05) is 72.9 Å². The van der Waals surface area contributed by atoms with Gasteiger partial charge >= 0.3 is 5.69 Å². The molecule has 2 aliphatic rings. The maximum atomic E-state index is 14.9. The fourth-order valence-corrected chi connectivity index (χ4v) is 6.90. The van der Waals surface area contributed by atoms with Crippen LogP contribution in [0.15, 0.2) is 39.7 Å². The van der Waals surface area contributed by atoms with Gasteiger partial charge in [0, 0.05) is 52.4 Å². The van der Waals surface area contributed by atoms with Crippen LogP contribution in [0.25, 0.3) is 28.4 Å². The molecule has 2 fully saturated rings. The van der Waals surface area contributed by atoms with Gasteiger partial charge in [-0.2, -0.15) is 9.50 Å². The zero-order chi connectivity index (χ0) is 29.8. The normalized spacial score (nSPS) is 17.1. The maximum absolute atomic E-state index is 14.9. The summed E-state index contributed by atoms with van der Waals surface area (Å²) >= 11 is -0.893. The van der Waals surface area contributed by atoms with E-state index in [-0.39, 0.29) is 11.6 Å². The van der Waals surface area contributed by atoms with Gasteiger partial charge in [-0.15, -0.1) is 5.10 Å². The summed E-state index contributed by atoms with van der Waals surface area (Å²) in [6, 6.07) is 5.99. The minimum absolute atomic E-state index is 0.0966. The lowest BCUT2D eigenvalue weighted by atomic mass is 10.2. The van der Waals surface area contributed by atoms with Crippen molar-refractivity contribution in [3.8, 4) is 11.6 Å². The third kappa shape index (κ3) is 4.88. The molecule has 0 amide bonds. The monoisotopic (exact) mass is 612 g/mol. The number of rotatable bonds is 6. The van der Waals surface area contributed by atoms with Gasteiger partial charge in [-0.25, -0.2) is 18.6 Å². The summed E-state index contributed by atoms with van der Waals surface area (Å²) in [5.41, 5.74) is 8.00. The predicted octanol–water partition coefficient (Wildman–Crippen LogP) is 1.29. The molecular formula is C27H30F2N10O3S. The Balaban J connectivity index is 1.07. The van der Waals surface area contributed by atoms with E-state index in [1.807, 2.05) is 9.80 Å². The van der Waals surface area contributed by atoms with Crippen LogP contribution in [0.2, 0.25) is 0 Å². The Hall–Kier alpha value is -4.15. The molecule has 1 aromatic carbocycles. The molecule has 0 spiro atoms. The maximum Gasteiger partial charge on any atom is 0.330 e. The van der Waals surface area contributed by atoms with E-state index in [1.54, 1.807) is 29.8 Å². The highest BCUT2D eigenvalue weighted by molar-refractivity contribution is 7.91. The molecule has 16 heteroatoms. The average molecular weight is 613 g/mol. The smallest absolute Gasteiger partial charge is 0.330 e. The molecule has 0 saturated carbocycles. The number of benzene rings is 1. The number of hydrogen-bond donors (Lipinski definition) is 1. The molecule has 0 aliphatic carbocycles. The second-order valence-corrected chi connectivity index (χ2v) is 12.4. The van der Waals surface area contributed by atoms with Crippen molar-refractivity contribution in [1.29, 1.82) is 0 Å². The number of aryl methyl sites for hydroxylation is 1. The number of nitrogens with zero attached hydrogens (tertiary/aromatic N) is 9. The summed E-state index contributed by atoms with van der Waals surface area (Å²) < 4.78 is 51.2. The van der Waals surface area contributed by atoms with Crippen LogP contribution in [0.1, 0.15) is 0 Å². The lowest BCUT2D eigenvalue weighted by Crippen LogP contribution is -2.48. The van der Waals surface area contributed by atoms with Gasteiger partial charge in [0.15, 0.2) is 17.1 Å². The molecule has 4 aromatic heterocycles. The van der Waals surface area contributed by atoms with Crippen LogP contribution in [0.3, 0.4) is 0 Å². The van der Waals surface area contributed by atoms with Crippen molar-refractivity contribution in [3.63, 3.8) is 0 Å². The van der Waals surface area contributed by atoms with Crippen molar-refractivity contribution in [3.05, 3.63) is 52.6 Å². The van der Waals surface area contributed by atoms with Crippen molar-refractivity contribution in [1.82, 2.24) is 33.6 Å². The number of piperazine rings is 1. The number of furan rings is 1. The van der Waals surface area contributed by atoms with E-state index in [2.05, 4.69) is 20.0 Å². The van der Waals surface area contributed by atoms with Gasteiger partial charge in [-0.05, 0) is 18.2 Å². The van der Waals surface area contributed by atoms with Gasteiger partial charge < -0.3 is 24.5 Å². The molecule has 5 aromatic rings. The lowest BCUT2D eigenvalue weighted by Gasteiger charge is -2.37. The van der Waals surface area contributed by atoms with Crippen LogP contribution in [0.5, 0.6) is 0 Å². The molecule has 0 atom stereocenters. The van der Waals surface area contributed by atoms with Gasteiger partial charge in [0.05, 0.1) is 30.7 Å². The van der Waals surface area contributed by atoms with E-state index < -0.39 is 22.8 Å². The predicted molar refractivity (Wildman–Crippen MR) is 159 cm³/mol. The minimum atomic E-state index is -0.893. The Bertz CT molecular complexity index is 1850. The van der Waals surface area contributed by atoms with E-state index in [0.29, 0.717) is 104 Å². The Labute approximate surface area is 247 Å². The van der Waals surface area contributed by atoms with Crippen molar-refractivity contribution in [2.45, 2.75) is 6.54 Å². The molecule has 6 heterocycles. The van der Waals surface area contributed by atoms with E-state index in [4.69, 9.17) is 10.2 Å². The van der Waals surface area contributed by atoms with Crippen LogP contribution < -0.4 is 21.2 Å². The lowest BCUT2D eigenvalue weighted by molar-refractivity contribution is 0.247. The van der Waals surface area contributed by atoms with Crippen LogP contribution in [0, 0.1) is 11.6 Å². The number of anilines is 3. The highest BCUT2D eigenvalue weighted by atomic mass is 32.2. The van der Waals surface area contributed by atoms with Crippen LogP contribution in [0.4, 0.5) is 26.1 Å². The zero-order valence-corrected chi connectivity index (χ0v) is 24.3. The fourth-order valence-electron chi connectivity index (χ4n) is 5.84. The molecule has 2 N–H and O–H groups in total. The van der Waals surface area contributed by atoms with E-state index in [1.165, 1.54) is 15.3 Å². The van der Waals surface area contributed by atoms with Gasteiger partial charge in [0.2, 0.25) is 11.8 Å². The molecule has 2 saturated heterocycles. The molecule has 7 rings (SSSR count). The summed E-state index contributed by atoms with van der Waals surface area (Å²) in [4.78, 5) is 28.3. The fraction of sp³-hybridized carbons (Fsp3) is 0.407. The molecule has 226 valence electrons. The summed E-state index contributed by atoms with van der Waals surface area (Å²) in [6.07, 6.45) is 1.53. The van der Waals surface area contributed by atoms with E-state index in [0.717, 1.165) is 6.07 Å². The van der Waals surface area contributed by atoms with E-state index >= 15 is 0 Å². The topological polar surface area (TPSA) is 142 Å². The molecule has 43 heavy (non-hydrogen) atoms. The number of hydrogen-bond acceptors (Lipinski definition) is 10. The Morgan fingerprint density at radius 3 is 2.35 bits per heavy atom. The minimum Gasteiger partial charge on any atom is -0.616 e. The number of fused-ring (bicyclic) bond motifs is 3. The summed E-state index contributed by atoms with van der Waals surface area (Å²) in [6.45, 7) is 4.22. The number of nitrogens with two attached hydrogens (primary N) is 1. The van der Waals surface area contributed by atoms with Crippen LogP contribution in [-0.4, -0.2) is 95.5 Å². The first-order chi connectivity index (χ1) is 20.8. The van der Waals surface area contributed by atoms with Crippen molar-refractivity contribution >= 4 is 45.3 Å². The quantitative estimate of drug-likeness (QED) is 0.279. The summed E-state index contributed by atoms with van der Waals surface area (Å²) in [7, 11) is 1.66. The Morgan fingerprint density at radius 1 is 0.977 bits per heavy atom. The highest BCUT2D eigenvalue weighted by Crippen LogP contribution is 2.31. The molecule has 2 aliphatic heterocycles. The Morgan fingerprint density at radius 2 is 1.67 bits per heavy atom. The first-order valence-corrected chi connectivity index (χ1v) is 15.5. The van der Waals surface area contributed by atoms with Crippen molar-refractivity contribution < 1.29 is 17.8 Å². The molecule has 0 radical (unpaired) electrons. The van der Waals surface area contributed by atoms with Gasteiger partial charge in [0.25, 0.3) is 0 Å². The number of imidazole rings is 1. The average Bonchev–Trinajstić information content (AvgIpc) is 3.73. The standard InChI is InChI=1S/C27H30F2N10O3S/c1-34-22-24(32-26(30)39-25(22)31-23(33-39)21-3-2-12-42-21)38(27(34)40)9-6-35-4-7-36(8-5-35)19-16-20(18(29)15-17(19)28)37-10-13-43(41)14-11-37/h2-3,12,15-16H,4-11,13-14H2,1H3,(H2,30,32). The molecular weight excluding hydrogens is 582 g/mol. The molecule has 0 bridgehead atoms. The largest absolute Gasteiger partial charge is 0.616 e. The number of nitrogen functional groups attached to an aromatic ring is 1. The van der Waals surface area contributed by atoms with E-state index in [9.17, 15) is 18.1 Å². The Kier molecular flexibility index (Phi) is 6.98. The highest BCUT2D eigenvalue weighted by Gasteiger charge is 2.27. The van der Waals surface area contributed by atoms with Gasteiger partial charge in [0.1, 0.15) is 28.7 Å².